The zero-order chi connectivity index (χ0) is 21.2. The molecule has 0 spiro atoms. The van der Waals surface area contributed by atoms with Crippen LogP contribution in [0.25, 0.3) is 0 Å². The normalized spacial score (nSPS) is 10.6. The van der Waals surface area contributed by atoms with E-state index in [1.54, 1.807) is 17.8 Å². The van der Waals surface area contributed by atoms with Gasteiger partial charge in [0.1, 0.15) is 5.75 Å². The topological polar surface area (TPSA) is 47.6 Å². The SMILES string of the molecule is CCCOCc1cc(C(=O)Nc2ccccc2Sc2ccccc2)ccc1OCC. The Kier molecular flexibility index (Phi) is 8.36. The van der Waals surface area contributed by atoms with Gasteiger partial charge in [-0.15, -0.1) is 0 Å². The van der Waals surface area contributed by atoms with Crippen LogP contribution in [0, 0.1) is 0 Å². The molecule has 3 rings (SSSR count). The van der Waals surface area contributed by atoms with Gasteiger partial charge in [0, 0.05) is 27.5 Å². The predicted octanol–water partition coefficient (Wildman–Crippen LogP) is 6.42. The quantitative estimate of drug-likeness (QED) is 0.384. The number of hydrogen-bond donors (Lipinski definition) is 1. The second-order valence-corrected chi connectivity index (χ2v) is 7.79. The first-order valence-corrected chi connectivity index (χ1v) is 11.0. The molecule has 0 aliphatic carbocycles. The largest absolute Gasteiger partial charge is 0.494 e. The lowest BCUT2D eigenvalue weighted by atomic mass is 10.1. The van der Waals surface area contributed by atoms with Gasteiger partial charge < -0.3 is 14.8 Å². The molecule has 0 saturated heterocycles. The molecule has 0 heterocycles. The molecule has 0 fully saturated rings. The summed E-state index contributed by atoms with van der Waals surface area (Å²) in [5, 5.41) is 3.05. The molecule has 3 aromatic carbocycles. The van der Waals surface area contributed by atoms with Crippen molar-refractivity contribution < 1.29 is 14.3 Å². The summed E-state index contributed by atoms with van der Waals surface area (Å²) in [5.41, 5.74) is 2.24. The van der Waals surface area contributed by atoms with E-state index in [-0.39, 0.29) is 5.91 Å². The second-order valence-electron chi connectivity index (χ2n) is 6.67. The highest BCUT2D eigenvalue weighted by molar-refractivity contribution is 7.99. The van der Waals surface area contributed by atoms with Crippen molar-refractivity contribution in [3.63, 3.8) is 0 Å². The Hall–Kier alpha value is -2.76. The minimum atomic E-state index is -0.157. The van der Waals surface area contributed by atoms with Crippen LogP contribution >= 0.6 is 11.8 Å². The molecular formula is C25H27NO3S. The van der Waals surface area contributed by atoms with E-state index in [4.69, 9.17) is 9.47 Å². The van der Waals surface area contributed by atoms with Crippen molar-refractivity contribution in [3.8, 4) is 5.75 Å². The highest BCUT2D eigenvalue weighted by Gasteiger charge is 2.13. The Bertz CT molecular complexity index is 960. The summed E-state index contributed by atoms with van der Waals surface area (Å²) in [5.74, 6) is 0.598. The average Bonchev–Trinajstić information content (AvgIpc) is 2.77. The van der Waals surface area contributed by atoms with E-state index in [1.807, 2.05) is 61.5 Å². The van der Waals surface area contributed by atoms with Gasteiger partial charge in [-0.1, -0.05) is 49.0 Å². The summed E-state index contributed by atoms with van der Waals surface area (Å²) in [7, 11) is 0. The molecule has 5 heteroatoms. The lowest BCUT2D eigenvalue weighted by Crippen LogP contribution is -2.13. The number of hydrogen-bond acceptors (Lipinski definition) is 4. The Labute approximate surface area is 182 Å². The standard InChI is InChI=1S/C25H27NO3S/c1-3-16-28-18-20-17-19(14-15-23(20)29-4-2)25(27)26-22-12-8-9-13-24(22)30-21-10-6-5-7-11-21/h5-15,17H,3-4,16,18H2,1-2H3,(H,26,27). The summed E-state index contributed by atoms with van der Waals surface area (Å²) in [6.07, 6.45) is 0.944. The number of amides is 1. The van der Waals surface area contributed by atoms with E-state index in [1.165, 1.54) is 0 Å². The van der Waals surface area contributed by atoms with Crippen molar-refractivity contribution >= 4 is 23.4 Å². The maximum Gasteiger partial charge on any atom is 0.255 e. The smallest absolute Gasteiger partial charge is 0.255 e. The number of carbonyl (C=O) groups excluding carboxylic acids is 1. The summed E-state index contributed by atoms with van der Waals surface area (Å²) in [4.78, 5) is 15.1. The first-order valence-electron chi connectivity index (χ1n) is 10.2. The molecule has 3 aromatic rings. The van der Waals surface area contributed by atoms with Gasteiger partial charge in [-0.2, -0.15) is 0 Å². The van der Waals surface area contributed by atoms with Gasteiger partial charge in [0.15, 0.2) is 0 Å². The fraction of sp³-hybridized carbons (Fsp3) is 0.240. The minimum absolute atomic E-state index is 0.157. The van der Waals surface area contributed by atoms with Crippen LogP contribution in [0.5, 0.6) is 5.75 Å². The highest BCUT2D eigenvalue weighted by atomic mass is 32.2. The van der Waals surface area contributed by atoms with Gasteiger partial charge in [0.2, 0.25) is 0 Å². The monoisotopic (exact) mass is 421 g/mol. The van der Waals surface area contributed by atoms with Crippen molar-refractivity contribution in [2.45, 2.75) is 36.7 Å². The number of nitrogens with one attached hydrogen (secondary N) is 1. The molecule has 0 unspecified atom stereocenters. The van der Waals surface area contributed by atoms with Crippen LogP contribution in [0.15, 0.2) is 82.6 Å². The van der Waals surface area contributed by atoms with Crippen LogP contribution in [0.4, 0.5) is 5.69 Å². The molecule has 0 bridgehead atoms. The van der Waals surface area contributed by atoms with Crippen LogP contribution in [-0.2, 0) is 11.3 Å². The van der Waals surface area contributed by atoms with Gasteiger partial charge in [0.05, 0.1) is 18.9 Å². The molecule has 0 atom stereocenters. The zero-order valence-electron chi connectivity index (χ0n) is 17.4. The van der Waals surface area contributed by atoms with E-state index < -0.39 is 0 Å². The van der Waals surface area contributed by atoms with Gasteiger partial charge in [-0.3, -0.25) is 4.79 Å². The third-order valence-corrected chi connectivity index (χ3v) is 5.42. The van der Waals surface area contributed by atoms with E-state index in [9.17, 15) is 4.79 Å². The van der Waals surface area contributed by atoms with Crippen molar-refractivity contribution in [1.82, 2.24) is 0 Å². The first-order chi connectivity index (χ1) is 14.7. The Morgan fingerprint density at radius 1 is 0.967 bits per heavy atom. The molecule has 0 aromatic heterocycles. The van der Waals surface area contributed by atoms with Crippen LogP contribution in [-0.4, -0.2) is 19.1 Å². The molecule has 0 saturated carbocycles. The number of rotatable bonds is 10. The summed E-state index contributed by atoms with van der Waals surface area (Å²) in [6, 6.07) is 23.4. The average molecular weight is 422 g/mol. The van der Waals surface area contributed by atoms with E-state index in [2.05, 4.69) is 24.4 Å². The molecular weight excluding hydrogens is 394 g/mol. The highest BCUT2D eigenvalue weighted by Crippen LogP contribution is 2.33. The number of anilines is 1. The van der Waals surface area contributed by atoms with Crippen molar-refractivity contribution in [1.29, 1.82) is 0 Å². The van der Waals surface area contributed by atoms with Crippen molar-refractivity contribution in [2.75, 3.05) is 18.5 Å². The van der Waals surface area contributed by atoms with Gasteiger partial charge in [-0.25, -0.2) is 0 Å². The second kappa shape index (κ2) is 11.4. The summed E-state index contributed by atoms with van der Waals surface area (Å²) in [6.45, 7) is 5.67. The minimum Gasteiger partial charge on any atom is -0.494 e. The van der Waals surface area contributed by atoms with Gasteiger partial charge in [0.25, 0.3) is 5.91 Å². The van der Waals surface area contributed by atoms with Crippen LogP contribution in [0.3, 0.4) is 0 Å². The number of benzene rings is 3. The van der Waals surface area contributed by atoms with Crippen molar-refractivity contribution in [2.24, 2.45) is 0 Å². The molecule has 30 heavy (non-hydrogen) atoms. The molecule has 0 aliphatic rings. The number of para-hydroxylation sites is 1. The summed E-state index contributed by atoms with van der Waals surface area (Å²) >= 11 is 1.62. The van der Waals surface area contributed by atoms with Crippen molar-refractivity contribution in [3.05, 3.63) is 83.9 Å². The van der Waals surface area contributed by atoms with E-state index in [0.717, 1.165) is 33.2 Å². The Balaban J connectivity index is 1.78. The third kappa shape index (κ3) is 6.12. The third-order valence-electron chi connectivity index (χ3n) is 4.33. The Morgan fingerprint density at radius 3 is 2.50 bits per heavy atom. The fourth-order valence-electron chi connectivity index (χ4n) is 2.93. The summed E-state index contributed by atoms with van der Waals surface area (Å²) < 4.78 is 11.4. The van der Waals surface area contributed by atoms with Crippen LogP contribution in [0.2, 0.25) is 0 Å². The molecule has 156 valence electrons. The lowest BCUT2D eigenvalue weighted by Gasteiger charge is -2.14. The molecule has 1 N–H and O–H groups in total. The Morgan fingerprint density at radius 2 is 1.73 bits per heavy atom. The number of carbonyl (C=O) groups is 1. The lowest BCUT2D eigenvalue weighted by molar-refractivity contribution is 0.102. The maximum absolute atomic E-state index is 13.0. The van der Waals surface area contributed by atoms with Gasteiger partial charge in [-0.05, 0) is 55.8 Å². The number of ether oxygens (including phenoxy) is 2. The molecule has 0 aliphatic heterocycles. The molecule has 1 amide bonds. The van der Waals surface area contributed by atoms with E-state index >= 15 is 0 Å². The predicted molar refractivity (Wildman–Crippen MR) is 123 cm³/mol. The van der Waals surface area contributed by atoms with E-state index in [0.29, 0.717) is 25.4 Å². The molecule has 0 radical (unpaired) electrons. The first kappa shape index (κ1) is 21.9. The van der Waals surface area contributed by atoms with Gasteiger partial charge >= 0.3 is 0 Å². The zero-order valence-corrected chi connectivity index (χ0v) is 18.2. The molecule has 4 nitrogen and oxygen atoms in total. The van der Waals surface area contributed by atoms with Crippen LogP contribution < -0.4 is 10.1 Å². The maximum atomic E-state index is 13.0. The fourth-order valence-corrected chi connectivity index (χ4v) is 3.85. The van der Waals surface area contributed by atoms with Crippen LogP contribution in [0.1, 0.15) is 36.2 Å².